The first kappa shape index (κ1) is 28.6. The Morgan fingerprint density at radius 3 is 2.56 bits per heavy atom. The number of aromatic nitrogens is 2. The van der Waals surface area contributed by atoms with Gasteiger partial charge in [0.25, 0.3) is 0 Å². The number of H-pyrrole nitrogens is 1. The minimum Gasteiger partial charge on any atom is -0.463 e. The average Bonchev–Trinajstić information content (AvgIpc) is 3.01. The number of esters is 1. The second kappa shape index (κ2) is 11.6. The molecule has 1 aliphatic rings. The van der Waals surface area contributed by atoms with Gasteiger partial charge < -0.3 is 24.1 Å². The van der Waals surface area contributed by atoms with E-state index in [0.29, 0.717) is 4.64 Å². The van der Waals surface area contributed by atoms with Gasteiger partial charge in [0.05, 0.1) is 24.8 Å². The summed E-state index contributed by atoms with van der Waals surface area (Å²) in [6.45, 7) is 5.66. The molecule has 9 nitrogen and oxygen atoms in total. The van der Waals surface area contributed by atoms with Crippen molar-refractivity contribution in [3.05, 3.63) is 52.0 Å². The van der Waals surface area contributed by atoms with E-state index >= 15 is 4.39 Å². The maximum absolute atomic E-state index is 15.6. The normalized spacial score (nSPS) is 26.4. The van der Waals surface area contributed by atoms with Crippen LogP contribution in [0.2, 0.25) is 0 Å². The van der Waals surface area contributed by atoms with E-state index in [-0.39, 0.29) is 22.8 Å². The molecule has 2 N–H and O–H groups in total. The molecule has 0 amide bonds. The number of aliphatic hydroxyl groups is 1. The summed E-state index contributed by atoms with van der Waals surface area (Å²) in [6.07, 6.45) is -3.33. The molecule has 6 atom stereocenters. The molecule has 3 rings (SSSR count). The summed E-state index contributed by atoms with van der Waals surface area (Å²) in [6, 6.07) is 9.82. The van der Waals surface area contributed by atoms with Crippen molar-refractivity contribution in [2.75, 3.05) is 12.8 Å². The van der Waals surface area contributed by atoms with E-state index in [1.54, 1.807) is 51.1 Å². The fourth-order valence-electron chi connectivity index (χ4n) is 3.67. The lowest BCUT2D eigenvalue weighted by Crippen LogP contribution is -2.41. The molecule has 0 saturated carbocycles. The Kier molecular flexibility index (Phi) is 9.24. The molecule has 1 aromatic heterocycles. The highest BCUT2D eigenvalue weighted by atomic mass is 32.1. The van der Waals surface area contributed by atoms with Crippen molar-refractivity contribution < 1.29 is 37.4 Å². The van der Waals surface area contributed by atoms with Crippen LogP contribution in [0.15, 0.2) is 42.6 Å². The second-order valence-corrected chi connectivity index (χ2v) is 11.9. The monoisotopic (exact) mass is 560 g/mol. The Morgan fingerprint density at radius 2 is 1.94 bits per heavy atom. The number of halogens is 1. The van der Waals surface area contributed by atoms with Gasteiger partial charge in [0, 0.05) is 6.20 Å². The number of hydrogen-bond donors (Lipinski definition) is 2. The zero-order chi connectivity index (χ0) is 26.7. The first-order valence-electron chi connectivity index (χ1n) is 11.3. The maximum atomic E-state index is 15.6. The van der Waals surface area contributed by atoms with Crippen LogP contribution in [0.1, 0.15) is 33.9 Å². The molecule has 0 aliphatic carbocycles. The van der Waals surface area contributed by atoms with Crippen LogP contribution in [-0.2, 0) is 23.4 Å². The SMILES string of the molecule is CC(C)OC(=O)[C@H](C)CP(=O)(OC[C@H]1O[C@@H](n2ccc(=S)[nH]c2=S)C(C)(F)[C@H]1O)Oc1ccccc1. The number of nitrogens with one attached hydrogen (secondary N) is 1. The largest absolute Gasteiger partial charge is 0.463 e. The molecular weight excluding hydrogens is 530 g/mol. The number of carbonyl (C=O) groups excluding carboxylic acids is 1. The van der Waals surface area contributed by atoms with Crippen molar-refractivity contribution >= 4 is 38.0 Å². The summed E-state index contributed by atoms with van der Waals surface area (Å²) in [7, 11) is -3.98. The van der Waals surface area contributed by atoms with Crippen LogP contribution < -0.4 is 4.52 Å². The number of ether oxygens (including phenoxy) is 2. The zero-order valence-electron chi connectivity index (χ0n) is 20.3. The number of aromatic amines is 1. The van der Waals surface area contributed by atoms with E-state index in [1.807, 2.05) is 0 Å². The molecule has 1 aliphatic heterocycles. The molecule has 1 fully saturated rings. The van der Waals surface area contributed by atoms with Crippen LogP contribution in [0, 0.1) is 15.3 Å². The van der Waals surface area contributed by atoms with Gasteiger partial charge in [-0.3, -0.25) is 13.9 Å². The van der Waals surface area contributed by atoms with Gasteiger partial charge in [-0.1, -0.05) is 37.3 Å². The Labute approximate surface area is 219 Å². The quantitative estimate of drug-likeness (QED) is 0.232. The van der Waals surface area contributed by atoms with Crippen LogP contribution in [-0.4, -0.2) is 57.4 Å². The second-order valence-electron chi connectivity index (χ2n) is 9.02. The zero-order valence-corrected chi connectivity index (χ0v) is 22.9. The van der Waals surface area contributed by atoms with Crippen LogP contribution >= 0.6 is 32.0 Å². The van der Waals surface area contributed by atoms with E-state index < -0.39 is 50.2 Å². The van der Waals surface area contributed by atoms with Crippen molar-refractivity contribution in [2.24, 2.45) is 5.92 Å². The molecule has 198 valence electrons. The highest BCUT2D eigenvalue weighted by Gasteiger charge is 2.55. The van der Waals surface area contributed by atoms with Gasteiger partial charge in [-0.05, 0) is 51.2 Å². The molecule has 1 saturated heterocycles. The lowest BCUT2D eigenvalue weighted by Gasteiger charge is -2.25. The summed E-state index contributed by atoms with van der Waals surface area (Å²) < 4.78 is 53.4. The highest BCUT2D eigenvalue weighted by molar-refractivity contribution is 7.72. The number of aliphatic hydroxyl groups excluding tert-OH is 1. The summed E-state index contributed by atoms with van der Waals surface area (Å²) in [5.74, 6) is -1.12. The Morgan fingerprint density at radius 1 is 1.28 bits per heavy atom. The minimum absolute atomic E-state index is 0.112. The molecule has 2 unspecified atom stereocenters. The summed E-state index contributed by atoms with van der Waals surface area (Å²) >= 11 is 10.3. The number of rotatable bonds is 10. The molecule has 36 heavy (non-hydrogen) atoms. The van der Waals surface area contributed by atoms with Crippen LogP contribution in [0.3, 0.4) is 0 Å². The van der Waals surface area contributed by atoms with E-state index in [9.17, 15) is 14.5 Å². The Balaban J connectivity index is 1.80. The maximum Gasteiger partial charge on any atom is 0.380 e. The van der Waals surface area contributed by atoms with Gasteiger partial charge in [-0.2, -0.15) is 0 Å². The Bertz CT molecular complexity index is 1220. The number of alkyl halides is 1. The summed E-state index contributed by atoms with van der Waals surface area (Å²) in [5, 5.41) is 10.7. The van der Waals surface area contributed by atoms with Crippen molar-refractivity contribution in [1.29, 1.82) is 0 Å². The molecule has 0 spiro atoms. The fraction of sp³-hybridized carbons (Fsp3) is 0.522. The molecule has 2 aromatic rings. The number of nitrogens with zero attached hydrogens (tertiary/aromatic N) is 1. The highest BCUT2D eigenvalue weighted by Crippen LogP contribution is 2.51. The first-order valence-corrected chi connectivity index (χ1v) is 13.9. The third kappa shape index (κ3) is 6.87. The third-order valence-corrected chi connectivity index (χ3v) is 8.07. The van der Waals surface area contributed by atoms with Crippen molar-refractivity contribution in [1.82, 2.24) is 9.55 Å². The number of carbonyl (C=O) groups is 1. The number of para-hydroxylation sites is 1. The molecule has 1 aromatic carbocycles. The Hall–Kier alpha value is -1.95. The predicted molar refractivity (Wildman–Crippen MR) is 136 cm³/mol. The fourth-order valence-corrected chi connectivity index (χ4v) is 6.02. The first-order chi connectivity index (χ1) is 16.8. The van der Waals surface area contributed by atoms with Gasteiger partial charge in [-0.25, -0.2) is 8.96 Å². The van der Waals surface area contributed by atoms with E-state index in [2.05, 4.69) is 4.98 Å². The third-order valence-electron chi connectivity index (χ3n) is 5.50. The molecule has 0 radical (unpaired) electrons. The molecule has 2 heterocycles. The standard InChI is InChI=1S/C23H30FN2O7PS2/c1-14(2)31-20(28)15(3)13-34(29,33-16-8-6-5-7-9-16)30-12-17-19(27)23(4,24)21(32-17)26-11-10-18(35)25-22(26)36/h5-11,14-15,17,19,21,27H,12-13H2,1-4H3,(H,25,35,36)/t15-,17-,19+,21-,23?,34?/m1/s1. The summed E-state index contributed by atoms with van der Waals surface area (Å²) in [5.41, 5.74) is -2.26. The van der Waals surface area contributed by atoms with Crippen LogP contribution in [0.25, 0.3) is 0 Å². The van der Waals surface area contributed by atoms with Crippen LogP contribution in [0.5, 0.6) is 5.75 Å². The van der Waals surface area contributed by atoms with Gasteiger partial charge in [-0.15, -0.1) is 0 Å². The van der Waals surface area contributed by atoms with E-state index in [1.165, 1.54) is 23.8 Å². The molecule has 13 heteroatoms. The predicted octanol–water partition coefficient (Wildman–Crippen LogP) is 5.14. The van der Waals surface area contributed by atoms with Crippen molar-refractivity contribution in [3.63, 3.8) is 0 Å². The number of benzene rings is 1. The topological polar surface area (TPSA) is 112 Å². The van der Waals surface area contributed by atoms with Gasteiger partial charge >= 0.3 is 13.6 Å². The van der Waals surface area contributed by atoms with Crippen molar-refractivity contribution in [3.8, 4) is 5.75 Å². The summed E-state index contributed by atoms with van der Waals surface area (Å²) in [4.78, 5) is 15.1. The van der Waals surface area contributed by atoms with Gasteiger partial charge in [0.1, 0.15) is 22.6 Å². The van der Waals surface area contributed by atoms with Gasteiger partial charge in [0.2, 0.25) is 0 Å². The van der Waals surface area contributed by atoms with E-state index in [4.69, 9.17) is 43.0 Å². The molecule has 0 bridgehead atoms. The lowest BCUT2D eigenvalue weighted by atomic mass is 9.99. The van der Waals surface area contributed by atoms with Crippen LogP contribution in [0.4, 0.5) is 4.39 Å². The lowest BCUT2D eigenvalue weighted by molar-refractivity contribution is -0.151. The molecular formula is C23H30FN2O7PS2. The number of hydrogen-bond acceptors (Lipinski definition) is 9. The smallest absolute Gasteiger partial charge is 0.380 e. The minimum atomic E-state index is -3.98. The average molecular weight is 561 g/mol. The van der Waals surface area contributed by atoms with Gasteiger partial charge in [0.15, 0.2) is 16.7 Å². The van der Waals surface area contributed by atoms with E-state index in [0.717, 1.165) is 0 Å². The van der Waals surface area contributed by atoms with Crippen molar-refractivity contribution in [2.45, 2.75) is 57.9 Å².